The first kappa shape index (κ1) is 14.2. The van der Waals surface area contributed by atoms with E-state index in [-0.39, 0.29) is 17.3 Å². The third kappa shape index (κ3) is 4.13. The van der Waals surface area contributed by atoms with Crippen LogP contribution in [0.4, 0.5) is 5.82 Å². The molecule has 106 valence electrons. The number of sulfonamides is 1. The lowest BCUT2D eigenvalue weighted by Gasteiger charge is -2.10. The van der Waals surface area contributed by atoms with Gasteiger partial charge in [0.25, 0.3) is 0 Å². The van der Waals surface area contributed by atoms with Gasteiger partial charge in [-0.15, -0.1) is 0 Å². The first-order valence-corrected chi connectivity index (χ1v) is 7.61. The summed E-state index contributed by atoms with van der Waals surface area (Å²) in [5.74, 6) is 6.02. The number of nitrogens with two attached hydrogens (primary N) is 1. The van der Waals surface area contributed by atoms with Gasteiger partial charge in [0, 0.05) is 19.3 Å². The van der Waals surface area contributed by atoms with Crippen molar-refractivity contribution in [3.8, 4) is 0 Å². The number of nitrogen functional groups attached to an aromatic ring is 1. The number of hydrogen-bond acceptors (Lipinski definition) is 6. The first-order valence-electron chi connectivity index (χ1n) is 6.12. The van der Waals surface area contributed by atoms with E-state index in [1.54, 1.807) is 6.07 Å². The number of rotatable bonds is 8. The van der Waals surface area contributed by atoms with Crippen molar-refractivity contribution in [1.82, 2.24) is 9.71 Å². The molecule has 0 spiro atoms. The van der Waals surface area contributed by atoms with Gasteiger partial charge in [-0.2, -0.15) is 0 Å². The zero-order valence-electron chi connectivity index (χ0n) is 10.5. The monoisotopic (exact) mass is 286 g/mol. The van der Waals surface area contributed by atoms with Gasteiger partial charge in [-0.05, 0) is 30.9 Å². The minimum atomic E-state index is -3.62. The maximum absolute atomic E-state index is 12.0. The zero-order chi connectivity index (χ0) is 13.7. The highest BCUT2D eigenvalue weighted by Crippen LogP contribution is 2.28. The molecule has 1 aliphatic rings. The molecule has 1 fully saturated rings. The van der Waals surface area contributed by atoms with Gasteiger partial charge in [-0.25, -0.2) is 24.0 Å². The molecule has 1 aromatic rings. The van der Waals surface area contributed by atoms with Crippen LogP contribution in [-0.2, 0) is 14.8 Å². The van der Waals surface area contributed by atoms with Crippen molar-refractivity contribution in [3.05, 3.63) is 18.3 Å². The second-order valence-corrected chi connectivity index (χ2v) is 6.15. The zero-order valence-corrected chi connectivity index (χ0v) is 11.3. The van der Waals surface area contributed by atoms with Gasteiger partial charge >= 0.3 is 0 Å². The predicted molar refractivity (Wildman–Crippen MR) is 70.8 cm³/mol. The van der Waals surface area contributed by atoms with Crippen LogP contribution >= 0.6 is 0 Å². The molecule has 4 N–H and O–H groups in total. The maximum Gasteiger partial charge on any atom is 0.244 e. The van der Waals surface area contributed by atoms with Crippen LogP contribution in [0.15, 0.2) is 23.2 Å². The molecule has 1 aromatic heterocycles. The summed E-state index contributed by atoms with van der Waals surface area (Å²) in [6, 6.07) is 2.98. The van der Waals surface area contributed by atoms with Crippen LogP contribution in [0.1, 0.15) is 12.8 Å². The molecule has 1 saturated carbocycles. The number of hydrogen-bond donors (Lipinski definition) is 3. The molecule has 0 atom stereocenters. The van der Waals surface area contributed by atoms with E-state index in [1.165, 1.54) is 25.1 Å². The van der Waals surface area contributed by atoms with Crippen LogP contribution in [-0.4, -0.2) is 33.2 Å². The summed E-state index contributed by atoms with van der Waals surface area (Å²) >= 11 is 0. The minimum Gasteiger partial charge on any atom is -0.380 e. The van der Waals surface area contributed by atoms with Crippen molar-refractivity contribution in [2.45, 2.75) is 17.7 Å². The number of aromatic nitrogens is 1. The first-order chi connectivity index (χ1) is 9.13. The minimum absolute atomic E-state index is 0.0275. The highest BCUT2D eigenvalue weighted by Gasteiger charge is 2.21. The Labute approximate surface area is 112 Å². The fraction of sp³-hybridized carbons (Fsp3) is 0.545. The summed E-state index contributed by atoms with van der Waals surface area (Å²) in [5.41, 5.74) is 2.26. The van der Waals surface area contributed by atoms with E-state index in [1.807, 2.05) is 0 Å². The molecule has 0 amide bonds. The van der Waals surface area contributed by atoms with E-state index in [2.05, 4.69) is 15.1 Å². The molecule has 2 rings (SSSR count). The van der Waals surface area contributed by atoms with Crippen molar-refractivity contribution in [3.63, 3.8) is 0 Å². The molecule has 7 nitrogen and oxygen atoms in total. The second-order valence-electron chi connectivity index (χ2n) is 4.41. The van der Waals surface area contributed by atoms with Crippen LogP contribution in [0.3, 0.4) is 0 Å². The molecule has 8 heteroatoms. The SMILES string of the molecule is NNc1ncccc1S(=O)(=O)NCCOCC1CC1. The summed E-state index contributed by atoms with van der Waals surface area (Å²) in [6.07, 6.45) is 3.90. The van der Waals surface area contributed by atoms with E-state index in [4.69, 9.17) is 10.6 Å². The van der Waals surface area contributed by atoms with E-state index >= 15 is 0 Å². The third-order valence-corrected chi connectivity index (χ3v) is 4.28. The average molecular weight is 286 g/mol. The topological polar surface area (TPSA) is 106 Å². The summed E-state index contributed by atoms with van der Waals surface area (Å²) in [4.78, 5) is 3.88. The molecule has 1 aliphatic carbocycles. The molecule has 0 unspecified atom stereocenters. The van der Waals surface area contributed by atoms with E-state index < -0.39 is 10.0 Å². The van der Waals surface area contributed by atoms with Crippen LogP contribution in [0.5, 0.6) is 0 Å². The van der Waals surface area contributed by atoms with Gasteiger partial charge in [0.2, 0.25) is 10.0 Å². The van der Waals surface area contributed by atoms with Crippen LogP contribution in [0.2, 0.25) is 0 Å². The normalized spacial score (nSPS) is 15.4. The Morgan fingerprint density at radius 1 is 1.47 bits per heavy atom. The number of nitrogens with one attached hydrogen (secondary N) is 2. The quantitative estimate of drug-likeness (QED) is 0.355. The van der Waals surface area contributed by atoms with Crippen molar-refractivity contribution < 1.29 is 13.2 Å². The van der Waals surface area contributed by atoms with Gasteiger partial charge in [-0.3, -0.25) is 0 Å². The van der Waals surface area contributed by atoms with E-state index in [0.29, 0.717) is 19.1 Å². The number of hydrazine groups is 1. The molecule has 1 heterocycles. The second kappa shape index (κ2) is 6.29. The van der Waals surface area contributed by atoms with E-state index in [9.17, 15) is 8.42 Å². The fourth-order valence-electron chi connectivity index (χ4n) is 1.58. The van der Waals surface area contributed by atoms with Crippen LogP contribution in [0, 0.1) is 5.92 Å². The molecule has 0 saturated heterocycles. The number of nitrogens with zero attached hydrogens (tertiary/aromatic N) is 1. The lowest BCUT2D eigenvalue weighted by Crippen LogP contribution is -2.29. The third-order valence-electron chi connectivity index (χ3n) is 2.79. The molecule has 19 heavy (non-hydrogen) atoms. The smallest absolute Gasteiger partial charge is 0.244 e. The highest BCUT2D eigenvalue weighted by molar-refractivity contribution is 7.89. The fourth-order valence-corrected chi connectivity index (χ4v) is 2.71. The van der Waals surface area contributed by atoms with Gasteiger partial charge < -0.3 is 10.2 Å². The standard InChI is InChI=1S/C11H18N4O3S/c12-15-11-10(2-1-5-13-11)19(16,17)14-6-7-18-8-9-3-4-9/h1-2,5,9,14H,3-4,6-8,12H2,(H,13,15). The maximum atomic E-state index is 12.0. The number of ether oxygens (including phenoxy) is 1. The Hall–Kier alpha value is -1.22. The van der Waals surface area contributed by atoms with Crippen molar-refractivity contribution in [2.24, 2.45) is 11.8 Å². The van der Waals surface area contributed by atoms with E-state index in [0.717, 1.165) is 0 Å². The van der Waals surface area contributed by atoms with Crippen molar-refractivity contribution in [1.29, 1.82) is 0 Å². The molecular weight excluding hydrogens is 268 g/mol. The van der Waals surface area contributed by atoms with Gasteiger partial charge in [-0.1, -0.05) is 0 Å². The Morgan fingerprint density at radius 2 is 2.26 bits per heavy atom. The Kier molecular flexibility index (Phi) is 4.70. The molecule has 0 bridgehead atoms. The summed E-state index contributed by atoms with van der Waals surface area (Å²) in [5, 5.41) is 0. The Morgan fingerprint density at radius 3 is 2.95 bits per heavy atom. The number of pyridine rings is 1. The Bertz CT molecular complexity index is 516. The van der Waals surface area contributed by atoms with Gasteiger partial charge in [0.1, 0.15) is 4.90 Å². The lowest BCUT2D eigenvalue weighted by molar-refractivity contribution is 0.129. The number of anilines is 1. The summed E-state index contributed by atoms with van der Waals surface area (Å²) in [6.45, 7) is 1.31. The Balaban J connectivity index is 1.86. The summed E-state index contributed by atoms with van der Waals surface area (Å²) in [7, 11) is -3.62. The van der Waals surface area contributed by atoms with Crippen LogP contribution < -0.4 is 16.0 Å². The van der Waals surface area contributed by atoms with Gasteiger partial charge in [0.05, 0.1) is 6.61 Å². The predicted octanol–water partition coefficient (Wildman–Crippen LogP) is 0.0721. The highest BCUT2D eigenvalue weighted by atomic mass is 32.2. The van der Waals surface area contributed by atoms with Crippen molar-refractivity contribution >= 4 is 15.8 Å². The summed E-state index contributed by atoms with van der Waals surface area (Å²) < 4.78 is 31.9. The lowest BCUT2D eigenvalue weighted by atomic mass is 10.5. The van der Waals surface area contributed by atoms with Gasteiger partial charge in [0.15, 0.2) is 5.82 Å². The molecule has 0 aromatic carbocycles. The van der Waals surface area contributed by atoms with Crippen LogP contribution in [0.25, 0.3) is 0 Å². The van der Waals surface area contributed by atoms with Crippen molar-refractivity contribution in [2.75, 3.05) is 25.2 Å². The molecule has 0 aliphatic heterocycles. The molecule has 0 radical (unpaired) electrons. The molecular formula is C11H18N4O3S. The largest absolute Gasteiger partial charge is 0.380 e. The average Bonchev–Trinajstić information content (AvgIpc) is 3.22.